The number of rotatable bonds is 3. The minimum Gasteiger partial charge on any atom is -0.507 e. The van der Waals surface area contributed by atoms with Crippen LogP contribution in [0, 0.1) is 11.6 Å². The summed E-state index contributed by atoms with van der Waals surface area (Å²) in [6.07, 6.45) is 0. The predicted molar refractivity (Wildman–Crippen MR) is 133 cm³/mol. The van der Waals surface area contributed by atoms with Gasteiger partial charge in [-0.1, -0.05) is 42.5 Å². The molecule has 4 aromatic rings. The first kappa shape index (κ1) is 22.7. The molecule has 1 saturated heterocycles. The number of amides is 1. The molecule has 0 saturated carbocycles. The van der Waals surface area contributed by atoms with Crippen LogP contribution in [0.2, 0.25) is 0 Å². The number of halogens is 2. The van der Waals surface area contributed by atoms with Crippen LogP contribution < -0.4 is 14.4 Å². The molecule has 0 aromatic heterocycles. The normalized spacial score (nSPS) is 18.4. The topological polar surface area (TPSA) is 76.1 Å². The first-order valence-corrected chi connectivity index (χ1v) is 11.6. The first-order valence-electron chi connectivity index (χ1n) is 11.6. The molecule has 2 heterocycles. The second kappa shape index (κ2) is 8.74. The van der Waals surface area contributed by atoms with Gasteiger partial charge in [0.25, 0.3) is 11.7 Å². The van der Waals surface area contributed by atoms with E-state index >= 15 is 0 Å². The monoisotopic (exact) mass is 499 g/mol. The Labute approximate surface area is 210 Å². The molecule has 6 rings (SSSR count). The van der Waals surface area contributed by atoms with E-state index in [0.29, 0.717) is 30.3 Å². The maximum atomic E-state index is 14.2. The zero-order valence-electron chi connectivity index (χ0n) is 19.3. The van der Waals surface area contributed by atoms with E-state index in [1.807, 2.05) is 30.3 Å². The fourth-order valence-corrected chi connectivity index (χ4v) is 4.86. The van der Waals surface area contributed by atoms with Gasteiger partial charge >= 0.3 is 0 Å². The Hall–Kier alpha value is -4.72. The van der Waals surface area contributed by atoms with Crippen LogP contribution in [0.5, 0.6) is 11.5 Å². The van der Waals surface area contributed by atoms with Gasteiger partial charge in [0, 0.05) is 17.3 Å². The average Bonchev–Trinajstić information content (AvgIpc) is 3.19. The molecule has 6 nitrogen and oxygen atoms in total. The summed E-state index contributed by atoms with van der Waals surface area (Å²) in [6, 6.07) is 19.4. The van der Waals surface area contributed by atoms with Crippen molar-refractivity contribution >= 4 is 33.9 Å². The van der Waals surface area contributed by atoms with Crippen LogP contribution in [0.1, 0.15) is 17.2 Å². The lowest BCUT2D eigenvalue weighted by molar-refractivity contribution is -0.132. The Kier molecular flexibility index (Phi) is 5.37. The van der Waals surface area contributed by atoms with Crippen molar-refractivity contribution in [3.05, 3.63) is 107 Å². The molecule has 184 valence electrons. The summed E-state index contributed by atoms with van der Waals surface area (Å²) in [5, 5.41) is 13.0. The van der Waals surface area contributed by atoms with Gasteiger partial charge in [-0.15, -0.1) is 0 Å². The number of carbonyl (C=O) groups excluding carboxylic acids is 2. The highest BCUT2D eigenvalue weighted by molar-refractivity contribution is 6.51. The van der Waals surface area contributed by atoms with Gasteiger partial charge in [-0.3, -0.25) is 14.5 Å². The van der Waals surface area contributed by atoms with Gasteiger partial charge in [0.15, 0.2) is 23.1 Å². The molecular weight excluding hydrogens is 480 g/mol. The number of benzene rings is 4. The van der Waals surface area contributed by atoms with Crippen molar-refractivity contribution < 1.29 is 33.0 Å². The predicted octanol–water partition coefficient (Wildman–Crippen LogP) is 5.52. The second-order valence-corrected chi connectivity index (χ2v) is 8.69. The quantitative estimate of drug-likeness (QED) is 0.228. The fraction of sp³-hybridized carbons (Fsp3) is 0.103. The Morgan fingerprint density at radius 3 is 2.41 bits per heavy atom. The van der Waals surface area contributed by atoms with Crippen molar-refractivity contribution in [1.82, 2.24) is 0 Å². The molecule has 2 aliphatic heterocycles. The van der Waals surface area contributed by atoms with Gasteiger partial charge in [-0.25, -0.2) is 8.78 Å². The van der Waals surface area contributed by atoms with Gasteiger partial charge < -0.3 is 14.6 Å². The second-order valence-electron chi connectivity index (χ2n) is 8.69. The smallest absolute Gasteiger partial charge is 0.300 e. The van der Waals surface area contributed by atoms with Crippen LogP contribution >= 0.6 is 0 Å². The minimum atomic E-state index is -1.16. The standard InChI is InChI=1S/C29H19F2NO5/c30-21-10-9-18(15-22(21)31)32-26(20-7-3-5-16-4-1-2-6-19(16)20)25(28(34)29(32)35)27(33)17-8-11-23-24(14-17)37-13-12-36-23/h1-11,14-15,26,33H,12-13H2/b27-25-. The van der Waals surface area contributed by atoms with Gasteiger partial charge in [-0.05, 0) is 46.7 Å². The number of aliphatic hydroxyl groups excluding tert-OH is 1. The van der Waals surface area contributed by atoms with E-state index in [1.165, 1.54) is 12.1 Å². The third kappa shape index (κ3) is 3.69. The zero-order chi connectivity index (χ0) is 25.7. The van der Waals surface area contributed by atoms with Crippen LogP contribution in [0.3, 0.4) is 0 Å². The van der Waals surface area contributed by atoms with Crippen molar-refractivity contribution in [3.8, 4) is 11.5 Å². The fourth-order valence-electron chi connectivity index (χ4n) is 4.86. The van der Waals surface area contributed by atoms with E-state index < -0.39 is 35.1 Å². The van der Waals surface area contributed by atoms with E-state index in [0.717, 1.165) is 27.8 Å². The molecule has 37 heavy (non-hydrogen) atoms. The van der Waals surface area contributed by atoms with Crippen LogP contribution in [-0.4, -0.2) is 30.0 Å². The SMILES string of the molecule is O=C1C(=O)N(c2ccc(F)c(F)c2)C(c2cccc3ccccc23)/C1=C(/O)c1ccc2c(c1)OCCO2. The summed E-state index contributed by atoms with van der Waals surface area (Å²) in [6.45, 7) is 0.715. The number of anilines is 1. The summed E-state index contributed by atoms with van der Waals surface area (Å²) in [4.78, 5) is 27.9. The Morgan fingerprint density at radius 2 is 1.59 bits per heavy atom. The minimum absolute atomic E-state index is 0.0137. The molecule has 1 N–H and O–H groups in total. The molecular formula is C29H19F2NO5. The lowest BCUT2D eigenvalue weighted by atomic mass is 9.91. The Bertz CT molecular complexity index is 1620. The van der Waals surface area contributed by atoms with Crippen LogP contribution in [-0.2, 0) is 9.59 Å². The number of hydrogen-bond donors (Lipinski definition) is 1. The molecule has 1 fully saturated rings. The van der Waals surface area contributed by atoms with E-state index in [-0.39, 0.29) is 16.8 Å². The zero-order valence-corrected chi connectivity index (χ0v) is 19.3. The third-order valence-electron chi connectivity index (χ3n) is 6.56. The van der Waals surface area contributed by atoms with E-state index in [1.54, 1.807) is 24.3 Å². The van der Waals surface area contributed by atoms with Crippen molar-refractivity contribution in [3.63, 3.8) is 0 Å². The molecule has 2 aliphatic rings. The highest BCUT2D eigenvalue weighted by Gasteiger charge is 2.47. The highest BCUT2D eigenvalue weighted by atomic mass is 19.2. The van der Waals surface area contributed by atoms with Gasteiger partial charge in [0.1, 0.15) is 19.0 Å². The Morgan fingerprint density at radius 1 is 0.838 bits per heavy atom. The molecule has 0 spiro atoms. The van der Waals surface area contributed by atoms with Crippen molar-refractivity contribution in [2.24, 2.45) is 0 Å². The molecule has 4 aromatic carbocycles. The Balaban J connectivity index is 1.60. The average molecular weight is 499 g/mol. The number of nitrogens with zero attached hydrogens (tertiary/aromatic N) is 1. The molecule has 0 radical (unpaired) electrons. The summed E-state index contributed by atoms with van der Waals surface area (Å²) >= 11 is 0. The highest BCUT2D eigenvalue weighted by Crippen LogP contribution is 2.45. The molecule has 8 heteroatoms. The molecule has 0 bridgehead atoms. The van der Waals surface area contributed by atoms with E-state index in [2.05, 4.69) is 0 Å². The van der Waals surface area contributed by atoms with Crippen LogP contribution in [0.4, 0.5) is 14.5 Å². The molecule has 0 aliphatic carbocycles. The van der Waals surface area contributed by atoms with Gasteiger partial charge in [-0.2, -0.15) is 0 Å². The first-order chi connectivity index (χ1) is 17.9. The lowest BCUT2D eigenvalue weighted by Crippen LogP contribution is -2.29. The number of Topliss-reactive ketones (excluding diaryl/α,β-unsaturated/α-hetero) is 1. The number of ketones is 1. The third-order valence-corrected chi connectivity index (χ3v) is 6.56. The van der Waals surface area contributed by atoms with E-state index in [4.69, 9.17) is 9.47 Å². The maximum Gasteiger partial charge on any atom is 0.300 e. The molecule has 1 atom stereocenters. The summed E-state index contributed by atoms with van der Waals surface area (Å²) in [5.41, 5.74) is 0.599. The van der Waals surface area contributed by atoms with Crippen molar-refractivity contribution in [2.45, 2.75) is 6.04 Å². The summed E-state index contributed by atoms with van der Waals surface area (Å²) < 4.78 is 39.1. The number of fused-ring (bicyclic) bond motifs is 2. The summed E-state index contributed by atoms with van der Waals surface area (Å²) in [5.74, 6) is -3.69. The van der Waals surface area contributed by atoms with Gasteiger partial charge in [0.05, 0.1) is 11.6 Å². The number of hydrogen-bond acceptors (Lipinski definition) is 5. The van der Waals surface area contributed by atoms with Gasteiger partial charge in [0.2, 0.25) is 0 Å². The largest absolute Gasteiger partial charge is 0.507 e. The number of carbonyl (C=O) groups is 2. The van der Waals surface area contributed by atoms with Crippen molar-refractivity contribution in [2.75, 3.05) is 18.1 Å². The van der Waals surface area contributed by atoms with Crippen LogP contribution in [0.25, 0.3) is 16.5 Å². The van der Waals surface area contributed by atoms with Crippen LogP contribution in [0.15, 0.2) is 84.4 Å². The van der Waals surface area contributed by atoms with Crippen molar-refractivity contribution in [1.29, 1.82) is 0 Å². The maximum absolute atomic E-state index is 14.2. The molecule has 1 unspecified atom stereocenters. The molecule has 1 amide bonds. The summed E-state index contributed by atoms with van der Waals surface area (Å²) in [7, 11) is 0. The number of ether oxygens (including phenoxy) is 2. The number of aliphatic hydroxyl groups is 1. The lowest BCUT2D eigenvalue weighted by Gasteiger charge is -2.26. The van der Waals surface area contributed by atoms with E-state index in [9.17, 15) is 23.5 Å².